The summed E-state index contributed by atoms with van der Waals surface area (Å²) in [5.74, 6) is 1.26. The van der Waals surface area contributed by atoms with E-state index in [0.29, 0.717) is 18.8 Å². The van der Waals surface area contributed by atoms with Crippen molar-refractivity contribution >= 4 is 41.7 Å². The standard InChI is InChI=1S/C22H36N6O2.HI/c1-18-6-7-19(25-16-18)27-20(29)8-11-24-21(23-2)26-17-22(9-4-3-5-10-22)28-12-14-30-15-13-28;/h6-7,16H,3-5,8-15,17H2,1-2H3,(H2,23,24,26)(H,25,27,29);1H. The second-order valence-corrected chi connectivity index (χ2v) is 8.26. The van der Waals surface area contributed by atoms with E-state index >= 15 is 0 Å². The van der Waals surface area contributed by atoms with Crippen LogP contribution in [0.25, 0.3) is 0 Å². The van der Waals surface area contributed by atoms with Crippen molar-refractivity contribution in [3.8, 4) is 0 Å². The number of hydrogen-bond donors (Lipinski definition) is 3. The fraction of sp³-hybridized carbons (Fsp3) is 0.682. The van der Waals surface area contributed by atoms with Crippen LogP contribution in [0.3, 0.4) is 0 Å². The third kappa shape index (κ3) is 7.87. The number of anilines is 1. The van der Waals surface area contributed by atoms with E-state index in [9.17, 15) is 4.79 Å². The number of morpholine rings is 1. The van der Waals surface area contributed by atoms with Gasteiger partial charge in [-0.05, 0) is 31.4 Å². The van der Waals surface area contributed by atoms with Crippen molar-refractivity contribution < 1.29 is 9.53 Å². The summed E-state index contributed by atoms with van der Waals surface area (Å²) < 4.78 is 5.57. The summed E-state index contributed by atoms with van der Waals surface area (Å²) in [6, 6.07) is 3.75. The summed E-state index contributed by atoms with van der Waals surface area (Å²) in [7, 11) is 1.77. The van der Waals surface area contributed by atoms with Crippen LogP contribution in [-0.4, -0.2) is 73.7 Å². The molecule has 0 bridgehead atoms. The van der Waals surface area contributed by atoms with Gasteiger partial charge in [0.15, 0.2) is 5.96 Å². The molecule has 1 aliphatic carbocycles. The molecule has 8 nitrogen and oxygen atoms in total. The molecule has 2 fully saturated rings. The first kappa shape index (κ1) is 25.8. The fourth-order valence-corrected chi connectivity index (χ4v) is 4.36. The van der Waals surface area contributed by atoms with Gasteiger partial charge in [-0.3, -0.25) is 14.7 Å². The van der Waals surface area contributed by atoms with Gasteiger partial charge in [0.25, 0.3) is 0 Å². The van der Waals surface area contributed by atoms with E-state index in [-0.39, 0.29) is 35.4 Å². The van der Waals surface area contributed by atoms with Gasteiger partial charge in [0.1, 0.15) is 5.82 Å². The minimum Gasteiger partial charge on any atom is -0.379 e. The molecule has 1 saturated carbocycles. The molecule has 1 saturated heterocycles. The highest BCUT2D eigenvalue weighted by Gasteiger charge is 2.38. The van der Waals surface area contributed by atoms with E-state index in [0.717, 1.165) is 44.4 Å². The second-order valence-electron chi connectivity index (χ2n) is 8.26. The Kier molecular flexibility index (Phi) is 11.0. The summed E-state index contributed by atoms with van der Waals surface area (Å²) >= 11 is 0. The van der Waals surface area contributed by atoms with Crippen LogP contribution in [0.1, 0.15) is 44.1 Å². The Morgan fingerprint density at radius 3 is 2.58 bits per heavy atom. The molecular formula is C22H37IN6O2. The molecule has 0 unspecified atom stereocenters. The highest BCUT2D eigenvalue weighted by Crippen LogP contribution is 2.33. The van der Waals surface area contributed by atoms with Crippen LogP contribution in [0.2, 0.25) is 0 Å². The van der Waals surface area contributed by atoms with Gasteiger partial charge < -0.3 is 20.7 Å². The Labute approximate surface area is 203 Å². The predicted molar refractivity (Wildman–Crippen MR) is 135 cm³/mol. The molecule has 31 heavy (non-hydrogen) atoms. The zero-order valence-corrected chi connectivity index (χ0v) is 21.1. The summed E-state index contributed by atoms with van der Waals surface area (Å²) in [5, 5.41) is 9.61. The highest BCUT2D eigenvalue weighted by molar-refractivity contribution is 14.0. The number of rotatable bonds is 7. The average Bonchev–Trinajstić information content (AvgIpc) is 2.79. The Morgan fingerprint density at radius 1 is 1.19 bits per heavy atom. The van der Waals surface area contributed by atoms with Crippen molar-refractivity contribution in [2.45, 2.75) is 51.0 Å². The Balaban J connectivity index is 0.00000341. The number of carbonyl (C=O) groups is 1. The zero-order valence-electron chi connectivity index (χ0n) is 18.8. The smallest absolute Gasteiger partial charge is 0.227 e. The Hall–Kier alpha value is -1.46. The number of nitrogens with zero attached hydrogens (tertiary/aromatic N) is 3. The monoisotopic (exact) mass is 544 g/mol. The molecule has 2 aliphatic rings. The van der Waals surface area contributed by atoms with Gasteiger partial charge in [0.2, 0.25) is 5.91 Å². The number of halogens is 1. The van der Waals surface area contributed by atoms with Crippen molar-refractivity contribution in [3.05, 3.63) is 23.9 Å². The van der Waals surface area contributed by atoms with Gasteiger partial charge in [0, 0.05) is 51.4 Å². The molecule has 2 heterocycles. The van der Waals surface area contributed by atoms with Gasteiger partial charge in [0.05, 0.1) is 13.2 Å². The number of guanidine groups is 1. The highest BCUT2D eigenvalue weighted by atomic mass is 127. The lowest BCUT2D eigenvalue weighted by molar-refractivity contribution is -0.116. The lowest BCUT2D eigenvalue weighted by Gasteiger charge is -2.48. The summed E-state index contributed by atoms with van der Waals surface area (Å²) in [5.41, 5.74) is 1.24. The number of nitrogens with one attached hydrogen (secondary N) is 3. The molecule has 0 spiro atoms. The molecule has 0 aromatic carbocycles. The number of aromatic nitrogens is 1. The number of amides is 1. The zero-order chi connectivity index (χ0) is 21.2. The number of carbonyl (C=O) groups excluding carboxylic acids is 1. The number of ether oxygens (including phenoxy) is 1. The topological polar surface area (TPSA) is 90.9 Å². The molecule has 9 heteroatoms. The van der Waals surface area contributed by atoms with Crippen LogP contribution in [0, 0.1) is 6.92 Å². The van der Waals surface area contributed by atoms with Crippen LogP contribution in [0.15, 0.2) is 23.3 Å². The van der Waals surface area contributed by atoms with Crippen molar-refractivity contribution in [1.29, 1.82) is 0 Å². The van der Waals surface area contributed by atoms with Gasteiger partial charge in [-0.15, -0.1) is 24.0 Å². The largest absolute Gasteiger partial charge is 0.379 e. The van der Waals surface area contributed by atoms with Crippen molar-refractivity contribution in [2.75, 3.05) is 51.8 Å². The third-order valence-electron chi connectivity index (χ3n) is 6.10. The molecule has 3 N–H and O–H groups in total. The van der Waals surface area contributed by atoms with E-state index in [2.05, 4.69) is 30.8 Å². The van der Waals surface area contributed by atoms with E-state index in [4.69, 9.17) is 4.74 Å². The third-order valence-corrected chi connectivity index (χ3v) is 6.10. The molecule has 3 rings (SSSR count). The van der Waals surface area contributed by atoms with Gasteiger partial charge in [-0.1, -0.05) is 25.3 Å². The SMILES string of the molecule is CN=C(NCCC(=O)Nc1ccc(C)cn1)NCC1(N2CCOCC2)CCCCC1.I. The van der Waals surface area contributed by atoms with E-state index in [1.807, 2.05) is 19.1 Å². The Morgan fingerprint density at radius 2 is 1.94 bits per heavy atom. The summed E-state index contributed by atoms with van der Waals surface area (Å²) in [6.45, 7) is 6.99. The first-order valence-electron chi connectivity index (χ1n) is 11.1. The molecule has 0 radical (unpaired) electrons. The van der Waals surface area contributed by atoms with Crippen LogP contribution in [0.4, 0.5) is 5.82 Å². The lowest BCUT2D eigenvalue weighted by Crippen LogP contribution is -2.60. The minimum absolute atomic E-state index is 0. The number of pyridine rings is 1. The molecular weight excluding hydrogens is 507 g/mol. The average molecular weight is 544 g/mol. The molecule has 174 valence electrons. The number of aryl methyl sites for hydroxylation is 1. The van der Waals surface area contributed by atoms with E-state index < -0.39 is 0 Å². The Bertz CT molecular complexity index is 700. The van der Waals surface area contributed by atoms with Crippen LogP contribution >= 0.6 is 24.0 Å². The van der Waals surface area contributed by atoms with E-state index in [1.54, 1.807) is 13.2 Å². The van der Waals surface area contributed by atoms with Crippen molar-refractivity contribution in [1.82, 2.24) is 20.5 Å². The van der Waals surface area contributed by atoms with E-state index in [1.165, 1.54) is 32.1 Å². The van der Waals surface area contributed by atoms with Crippen molar-refractivity contribution in [2.24, 2.45) is 4.99 Å². The molecule has 0 atom stereocenters. The number of aliphatic imine (C=N–C) groups is 1. The quantitative estimate of drug-likeness (QED) is 0.278. The predicted octanol–water partition coefficient (Wildman–Crippen LogP) is 2.54. The second kappa shape index (κ2) is 13.2. The molecule has 1 aliphatic heterocycles. The van der Waals surface area contributed by atoms with Crippen LogP contribution < -0.4 is 16.0 Å². The van der Waals surface area contributed by atoms with Crippen LogP contribution in [0.5, 0.6) is 0 Å². The first-order chi connectivity index (χ1) is 14.6. The maximum atomic E-state index is 12.2. The minimum atomic E-state index is -0.0635. The van der Waals surface area contributed by atoms with Gasteiger partial charge in [-0.25, -0.2) is 4.98 Å². The van der Waals surface area contributed by atoms with Crippen LogP contribution in [-0.2, 0) is 9.53 Å². The molecule has 1 aromatic heterocycles. The maximum Gasteiger partial charge on any atom is 0.227 e. The molecule has 1 amide bonds. The van der Waals surface area contributed by atoms with Gasteiger partial charge >= 0.3 is 0 Å². The summed E-state index contributed by atoms with van der Waals surface area (Å²) in [4.78, 5) is 23.3. The maximum absolute atomic E-state index is 12.2. The molecule has 1 aromatic rings. The first-order valence-corrected chi connectivity index (χ1v) is 11.1. The lowest BCUT2D eigenvalue weighted by atomic mass is 9.80. The van der Waals surface area contributed by atoms with Crippen molar-refractivity contribution in [3.63, 3.8) is 0 Å². The fourth-order valence-electron chi connectivity index (χ4n) is 4.36. The number of hydrogen-bond acceptors (Lipinski definition) is 5. The normalized spacial score (nSPS) is 19.2. The van der Waals surface area contributed by atoms with Gasteiger partial charge in [-0.2, -0.15) is 0 Å². The summed E-state index contributed by atoms with van der Waals surface area (Å²) in [6.07, 6.45) is 8.40.